The van der Waals surface area contributed by atoms with Crippen LogP contribution in [0.4, 0.5) is 0 Å². The molecular weight excluding hydrogens is 518 g/mol. The maximum atomic E-state index is 13.4. The van der Waals surface area contributed by atoms with Gasteiger partial charge in [-0.15, -0.1) is 0 Å². The molecule has 0 spiro atoms. The van der Waals surface area contributed by atoms with Crippen LogP contribution < -0.4 is 9.47 Å². The quantitative estimate of drug-likeness (QED) is 0.186. The van der Waals surface area contributed by atoms with Crippen molar-refractivity contribution >= 4 is 46.3 Å². The number of thiocarbonyl (C=S) groups is 1. The summed E-state index contributed by atoms with van der Waals surface area (Å²) in [5.41, 5.74) is 6.12. The molecule has 0 N–H and O–H groups in total. The molecule has 4 rings (SSSR count). The molecule has 1 atom stereocenters. The molecule has 1 amide bonds. The zero-order chi connectivity index (χ0) is 27.4. The molecule has 0 aliphatic carbocycles. The lowest BCUT2D eigenvalue weighted by Gasteiger charge is -2.24. The summed E-state index contributed by atoms with van der Waals surface area (Å²) in [5.74, 6) is 0.233. The van der Waals surface area contributed by atoms with Crippen LogP contribution in [0.25, 0.3) is 6.08 Å². The Labute approximate surface area is 232 Å². The van der Waals surface area contributed by atoms with Gasteiger partial charge in [0.15, 0.2) is 17.5 Å². The largest absolute Gasteiger partial charge is 0.493 e. The third-order valence-corrected chi connectivity index (χ3v) is 7.77. The van der Waals surface area contributed by atoms with Crippen molar-refractivity contribution in [1.29, 1.82) is 0 Å². The number of ether oxygens (including phenoxy) is 3. The summed E-state index contributed by atoms with van der Waals surface area (Å²) in [5, 5.41) is 0. The van der Waals surface area contributed by atoms with Crippen LogP contribution in [-0.4, -0.2) is 35.3 Å². The Hall–Kier alpha value is -3.62. The Bertz CT molecular complexity index is 1420. The Morgan fingerprint density at radius 1 is 0.974 bits per heavy atom. The monoisotopic (exact) mass is 547 g/mol. The number of thioether (sulfide) groups is 1. The highest BCUT2D eigenvalue weighted by atomic mass is 32.2. The minimum absolute atomic E-state index is 0.288. The van der Waals surface area contributed by atoms with E-state index >= 15 is 0 Å². The molecule has 1 aliphatic heterocycles. The highest BCUT2D eigenvalue weighted by Crippen LogP contribution is 2.39. The first-order valence-corrected chi connectivity index (χ1v) is 13.2. The molecule has 0 aromatic heterocycles. The highest BCUT2D eigenvalue weighted by molar-refractivity contribution is 8.26. The molecule has 38 heavy (non-hydrogen) atoms. The van der Waals surface area contributed by atoms with E-state index in [9.17, 15) is 9.59 Å². The number of hydrogen-bond acceptors (Lipinski definition) is 7. The number of carbonyl (C=O) groups is 2. The van der Waals surface area contributed by atoms with Gasteiger partial charge >= 0.3 is 5.97 Å². The van der Waals surface area contributed by atoms with Crippen molar-refractivity contribution in [2.24, 2.45) is 0 Å². The second-order valence-corrected chi connectivity index (χ2v) is 10.6. The summed E-state index contributed by atoms with van der Waals surface area (Å²) >= 11 is 6.65. The van der Waals surface area contributed by atoms with Crippen LogP contribution in [-0.2, 0) is 20.9 Å². The van der Waals surface area contributed by atoms with Gasteiger partial charge in [0.1, 0.15) is 10.9 Å². The van der Waals surface area contributed by atoms with E-state index in [1.165, 1.54) is 28.7 Å². The van der Waals surface area contributed by atoms with Gasteiger partial charge in [-0.3, -0.25) is 9.69 Å². The van der Waals surface area contributed by atoms with Crippen LogP contribution in [0.15, 0.2) is 65.6 Å². The van der Waals surface area contributed by atoms with Crippen LogP contribution in [0.3, 0.4) is 0 Å². The summed E-state index contributed by atoms with van der Waals surface area (Å²) in [7, 11) is 2.87. The molecule has 0 saturated carbocycles. The van der Waals surface area contributed by atoms with Gasteiger partial charge in [0.25, 0.3) is 5.91 Å². The van der Waals surface area contributed by atoms with Gasteiger partial charge in [-0.2, -0.15) is 0 Å². The third-order valence-electron chi connectivity index (χ3n) is 6.44. The molecule has 0 radical (unpaired) electrons. The van der Waals surface area contributed by atoms with Crippen LogP contribution in [0.1, 0.15) is 39.4 Å². The number of esters is 1. The Morgan fingerprint density at radius 3 is 2.37 bits per heavy atom. The maximum Gasteiger partial charge on any atom is 0.333 e. The predicted molar refractivity (Wildman–Crippen MR) is 154 cm³/mol. The molecular formula is C30H29NO5S2. The van der Waals surface area contributed by atoms with Gasteiger partial charge in [-0.05, 0) is 72.4 Å². The van der Waals surface area contributed by atoms with Gasteiger partial charge in [0.05, 0.1) is 19.1 Å². The number of benzene rings is 3. The third kappa shape index (κ3) is 5.76. The van der Waals surface area contributed by atoms with E-state index in [1.807, 2.05) is 24.3 Å². The summed E-state index contributed by atoms with van der Waals surface area (Å²) in [6.45, 7) is 6.67. The average Bonchev–Trinajstić information content (AvgIpc) is 3.18. The fourth-order valence-electron chi connectivity index (χ4n) is 4.22. The Balaban J connectivity index is 1.57. The van der Waals surface area contributed by atoms with Gasteiger partial charge < -0.3 is 14.2 Å². The molecule has 1 saturated heterocycles. The minimum atomic E-state index is -0.959. The number of nitrogens with zero attached hydrogens (tertiary/aromatic N) is 1. The van der Waals surface area contributed by atoms with Gasteiger partial charge in [0, 0.05) is 0 Å². The average molecular weight is 548 g/mol. The van der Waals surface area contributed by atoms with Gasteiger partial charge in [-0.1, -0.05) is 72.5 Å². The van der Waals surface area contributed by atoms with Crippen LogP contribution in [0.5, 0.6) is 11.5 Å². The van der Waals surface area contributed by atoms with E-state index in [4.69, 9.17) is 26.4 Å². The minimum Gasteiger partial charge on any atom is -0.493 e. The molecule has 3 aromatic rings. The zero-order valence-corrected chi connectivity index (χ0v) is 23.6. The fraction of sp³-hybridized carbons (Fsp3) is 0.233. The molecule has 1 heterocycles. The van der Waals surface area contributed by atoms with E-state index in [2.05, 4.69) is 32.9 Å². The lowest BCUT2D eigenvalue weighted by molar-refractivity contribution is -0.148. The second-order valence-electron chi connectivity index (χ2n) is 8.95. The topological polar surface area (TPSA) is 65.1 Å². The summed E-state index contributed by atoms with van der Waals surface area (Å²) < 4.78 is 17.0. The molecule has 6 nitrogen and oxygen atoms in total. The van der Waals surface area contributed by atoms with E-state index in [0.29, 0.717) is 28.6 Å². The number of aryl methyl sites for hydroxylation is 3. The Kier molecular flexibility index (Phi) is 8.54. The number of amides is 1. The van der Waals surface area contributed by atoms with Gasteiger partial charge in [0.2, 0.25) is 0 Å². The number of methoxy groups -OCH3 is 2. The molecule has 1 unspecified atom stereocenters. The lowest BCUT2D eigenvalue weighted by Crippen LogP contribution is -2.37. The van der Waals surface area contributed by atoms with Crippen LogP contribution in [0, 0.1) is 20.8 Å². The first-order valence-electron chi connectivity index (χ1n) is 12.0. The SMILES string of the molecule is COC(=O)C(c1ccccc1)N1C(=O)/C(=C\c2ccc(OCc3cc(C)c(C)cc3C)c(OC)c2)SC1=S. The van der Waals surface area contributed by atoms with Crippen molar-refractivity contribution in [1.82, 2.24) is 4.90 Å². The van der Waals surface area contributed by atoms with Crippen molar-refractivity contribution in [2.45, 2.75) is 33.4 Å². The second kappa shape index (κ2) is 11.8. The summed E-state index contributed by atoms with van der Waals surface area (Å²) in [4.78, 5) is 27.8. The van der Waals surface area contributed by atoms with E-state index in [0.717, 1.165) is 22.9 Å². The normalized spacial score (nSPS) is 15.1. The molecule has 0 bridgehead atoms. The fourth-order valence-corrected chi connectivity index (χ4v) is 5.53. The number of rotatable bonds is 8. The summed E-state index contributed by atoms with van der Waals surface area (Å²) in [6.07, 6.45) is 1.73. The van der Waals surface area contributed by atoms with Crippen LogP contribution in [0.2, 0.25) is 0 Å². The Morgan fingerprint density at radius 2 is 1.68 bits per heavy atom. The van der Waals surface area contributed by atoms with E-state index < -0.39 is 12.0 Å². The predicted octanol–water partition coefficient (Wildman–Crippen LogP) is 6.31. The first-order chi connectivity index (χ1) is 18.2. The number of carbonyl (C=O) groups excluding carboxylic acids is 2. The molecule has 1 aliphatic rings. The highest BCUT2D eigenvalue weighted by Gasteiger charge is 2.41. The summed E-state index contributed by atoms with van der Waals surface area (Å²) in [6, 6.07) is 17.8. The van der Waals surface area contributed by atoms with E-state index in [-0.39, 0.29) is 10.2 Å². The molecule has 3 aromatic carbocycles. The standard InChI is InChI=1S/C30H29NO5S2/c1-18-13-20(3)23(14-19(18)2)17-36-24-12-11-21(15-25(24)34-4)16-26-28(32)31(30(37)38-26)27(29(33)35-5)22-9-7-6-8-10-22/h6-16,27H,17H2,1-5H3/b26-16+. The van der Waals surface area contributed by atoms with Crippen molar-refractivity contribution in [2.75, 3.05) is 14.2 Å². The van der Waals surface area contributed by atoms with Crippen molar-refractivity contribution < 1.29 is 23.8 Å². The molecule has 8 heteroatoms. The molecule has 196 valence electrons. The lowest BCUT2D eigenvalue weighted by atomic mass is 10.0. The molecule has 1 fully saturated rings. The van der Waals surface area contributed by atoms with Crippen molar-refractivity contribution in [3.8, 4) is 11.5 Å². The first kappa shape index (κ1) is 27.4. The van der Waals surface area contributed by atoms with Crippen molar-refractivity contribution in [3.05, 3.63) is 98.9 Å². The smallest absolute Gasteiger partial charge is 0.333 e. The van der Waals surface area contributed by atoms with Gasteiger partial charge in [-0.25, -0.2) is 4.79 Å². The van der Waals surface area contributed by atoms with E-state index in [1.54, 1.807) is 37.5 Å². The number of hydrogen-bond donors (Lipinski definition) is 0. The maximum absolute atomic E-state index is 13.4. The zero-order valence-electron chi connectivity index (χ0n) is 21.9. The van der Waals surface area contributed by atoms with Crippen molar-refractivity contribution in [3.63, 3.8) is 0 Å². The van der Waals surface area contributed by atoms with Crippen LogP contribution >= 0.6 is 24.0 Å².